The Morgan fingerprint density at radius 3 is 2.84 bits per heavy atom. The molecule has 0 amide bonds. The van der Waals surface area contributed by atoms with E-state index in [4.69, 9.17) is 10.8 Å². The number of hydrogen-bond acceptors (Lipinski definition) is 6. The molecule has 0 aliphatic rings. The van der Waals surface area contributed by atoms with E-state index in [9.17, 15) is 5.11 Å². The fourth-order valence-corrected chi connectivity index (χ4v) is 1.87. The molecule has 0 saturated heterocycles. The standard InChI is InChI=1S/C12H15N5O2/c1-2-8(4-18)3-9(5-19)17-7-16-10-11(13)14-6-15-12(10)17/h6-7,9,18-19H,1,3-5H2,(H2,13,14,15)/t9-/m1/s1. The normalized spacial score (nSPS) is 12.3. The number of nitrogen functional groups attached to an aromatic ring is 1. The van der Waals surface area contributed by atoms with Crippen LogP contribution >= 0.6 is 0 Å². The number of hydrogen-bond donors (Lipinski definition) is 3. The van der Waals surface area contributed by atoms with Gasteiger partial charge in [-0.1, -0.05) is 6.58 Å². The van der Waals surface area contributed by atoms with Crippen molar-refractivity contribution in [2.45, 2.75) is 12.5 Å². The lowest BCUT2D eigenvalue weighted by atomic mass is 10.1. The molecule has 0 radical (unpaired) electrons. The van der Waals surface area contributed by atoms with E-state index in [2.05, 4.69) is 27.3 Å². The zero-order chi connectivity index (χ0) is 13.8. The van der Waals surface area contributed by atoms with Gasteiger partial charge in [-0.2, -0.15) is 0 Å². The number of imidazole rings is 1. The van der Waals surface area contributed by atoms with E-state index in [1.807, 2.05) is 0 Å². The van der Waals surface area contributed by atoms with Crippen molar-refractivity contribution < 1.29 is 10.2 Å². The summed E-state index contributed by atoms with van der Waals surface area (Å²) in [5, 5.41) is 18.6. The van der Waals surface area contributed by atoms with Crippen molar-refractivity contribution in [1.82, 2.24) is 19.5 Å². The summed E-state index contributed by atoms with van der Waals surface area (Å²) in [6.07, 6.45) is 3.31. The molecule has 0 fully saturated rings. The van der Waals surface area contributed by atoms with E-state index < -0.39 is 0 Å². The third-order valence-electron chi connectivity index (χ3n) is 2.91. The third-order valence-corrected chi connectivity index (χ3v) is 2.91. The highest BCUT2D eigenvalue weighted by molar-refractivity contribution is 5.81. The maximum absolute atomic E-state index is 9.50. The molecule has 0 aliphatic carbocycles. The lowest BCUT2D eigenvalue weighted by Gasteiger charge is -2.16. The van der Waals surface area contributed by atoms with E-state index in [1.165, 1.54) is 6.33 Å². The fourth-order valence-electron chi connectivity index (χ4n) is 1.87. The quantitative estimate of drug-likeness (QED) is 0.655. The van der Waals surface area contributed by atoms with Crippen LogP contribution in [0, 0.1) is 0 Å². The summed E-state index contributed by atoms with van der Waals surface area (Å²) in [7, 11) is 0. The SMILES string of the molecule is C=C=C(CO)C[C@H](CO)n1cnc2c(N)ncnc21. The van der Waals surface area contributed by atoms with Crippen LogP contribution in [0.5, 0.6) is 0 Å². The van der Waals surface area contributed by atoms with Crippen LogP contribution < -0.4 is 5.73 Å². The Kier molecular flexibility index (Phi) is 3.91. The summed E-state index contributed by atoms with van der Waals surface area (Å²) in [4.78, 5) is 12.1. The first-order valence-electron chi connectivity index (χ1n) is 5.73. The van der Waals surface area contributed by atoms with Crippen molar-refractivity contribution in [1.29, 1.82) is 0 Å². The number of anilines is 1. The van der Waals surface area contributed by atoms with Gasteiger partial charge in [0.25, 0.3) is 0 Å². The molecule has 0 bridgehead atoms. The number of aromatic nitrogens is 4. The Morgan fingerprint density at radius 1 is 1.42 bits per heavy atom. The summed E-state index contributed by atoms with van der Waals surface area (Å²) in [6, 6.07) is -0.310. The second-order valence-corrected chi connectivity index (χ2v) is 4.06. The molecule has 19 heavy (non-hydrogen) atoms. The van der Waals surface area contributed by atoms with Gasteiger partial charge in [0.05, 0.1) is 25.6 Å². The predicted octanol–water partition coefficient (Wildman–Crippen LogP) is 0.0356. The monoisotopic (exact) mass is 261 g/mol. The second kappa shape index (κ2) is 5.62. The maximum Gasteiger partial charge on any atom is 0.165 e. The van der Waals surface area contributed by atoms with Crippen LogP contribution in [-0.4, -0.2) is 42.9 Å². The first kappa shape index (κ1) is 13.2. The molecular weight excluding hydrogens is 246 g/mol. The summed E-state index contributed by atoms with van der Waals surface area (Å²) in [5.74, 6) is 0.294. The highest BCUT2D eigenvalue weighted by atomic mass is 16.3. The summed E-state index contributed by atoms with van der Waals surface area (Å²) < 4.78 is 1.71. The zero-order valence-corrected chi connectivity index (χ0v) is 10.3. The topological polar surface area (TPSA) is 110 Å². The lowest BCUT2D eigenvalue weighted by molar-refractivity contribution is 0.223. The molecule has 0 unspecified atom stereocenters. The van der Waals surface area contributed by atoms with Gasteiger partial charge in [0.15, 0.2) is 11.5 Å². The smallest absolute Gasteiger partial charge is 0.165 e. The fraction of sp³-hybridized carbons (Fsp3) is 0.333. The van der Waals surface area contributed by atoms with E-state index in [1.54, 1.807) is 10.9 Å². The van der Waals surface area contributed by atoms with Crippen molar-refractivity contribution >= 4 is 17.0 Å². The van der Waals surface area contributed by atoms with Gasteiger partial charge in [-0.05, 0) is 5.57 Å². The van der Waals surface area contributed by atoms with Crippen LogP contribution in [0.15, 0.2) is 30.5 Å². The molecule has 100 valence electrons. The average Bonchev–Trinajstić information content (AvgIpc) is 2.86. The van der Waals surface area contributed by atoms with Gasteiger partial charge < -0.3 is 20.5 Å². The number of aliphatic hydroxyl groups excluding tert-OH is 2. The molecule has 7 heteroatoms. The van der Waals surface area contributed by atoms with Crippen molar-refractivity contribution in [3.05, 3.63) is 30.5 Å². The molecule has 0 aromatic carbocycles. The Bertz CT molecular complexity index is 630. The molecule has 1 atom stereocenters. The highest BCUT2D eigenvalue weighted by Gasteiger charge is 2.17. The average molecular weight is 261 g/mol. The first-order chi connectivity index (χ1) is 9.21. The predicted molar refractivity (Wildman–Crippen MR) is 70.2 cm³/mol. The van der Waals surface area contributed by atoms with E-state index in [0.29, 0.717) is 29.0 Å². The molecule has 4 N–H and O–H groups in total. The third kappa shape index (κ3) is 2.48. The Labute approximate surface area is 109 Å². The van der Waals surface area contributed by atoms with Gasteiger partial charge in [0.1, 0.15) is 11.8 Å². The molecular formula is C12H15N5O2. The van der Waals surface area contributed by atoms with Gasteiger partial charge in [0.2, 0.25) is 0 Å². The summed E-state index contributed by atoms with van der Waals surface area (Å²) in [5.41, 5.74) is 10.0. The van der Waals surface area contributed by atoms with Crippen molar-refractivity contribution in [2.24, 2.45) is 0 Å². The second-order valence-electron chi connectivity index (χ2n) is 4.06. The Hall–Kier alpha value is -2.21. The van der Waals surface area contributed by atoms with Crippen molar-refractivity contribution in [2.75, 3.05) is 18.9 Å². The van der Waals surface area contributed by atoms with Crippen LogP contribution in [0.2, 0.25) is 0 Å². The van der Waals surface area contributed by atoms with E-state index in [0.717, 1.165) is 0 Å². The van der Waals surface area contributed by atoms with Gasteiger partial charge in [-0.25, -0.2) is 15.0 Å². The Morgan fingerprint density at radius 2 is 2.21 bits per heavy atom. The van der Waals surface area contributed by atoms with Crippen molar-refractivity contribution in [3.63, 3.8) is 0 Å². The van der Waals surface area contributed by atoms with Gasteiger partial charge in [0, 0.05) is 6.42 Å². The number of aliphatic hydroxyl groups is 2. The largest absolute Gasteiger partial charge is 0.394 e. The van der Waals surface area contributed by atoms with Gasteiger partial charge in [-0.3, -0.25) is 0 Å². The minimum atomic E-state index is -0.310. The van der Waals surface area contributed by atoms with Gasteiger partial charge in [-0.15, -0.1) is 5.73 Å². The molecule has 2 heterocycles. The number of rotatable bonds is 5. The molecule has 0 saturated carbocycles. The maximum atomic E-state index is 9.50. The Balaban J connectivity index is 2.41. The molecule has 0 aliphatic heterocycles. The number of nitrogens with two attached hydrogens (primary N) is 1. The first-order valence-corrected chi connectivity index (χ1v) is 5.73. The molecule has 0 spiro atoms. The molecule has 2 aromatic rings. The number of fused-ring (bicyclic) bond motifs is 1. The minimum Gasteiger partial charge on any atom is -0.394 e. The van der Waals surface area contributed by atoms with Crippen LogP contribution in [0.25, 0.3) is 11.2 Å². The molecule has 2 rings (SSSR count). The van der Waals surface area contributed by atoms with Gasteiger partial charge >= 0.3 is 0 Å². The van der Waals surface area contributed by atoms with Crippen LogP contribution in [0.3, 0.4) is 0 Å². The van der Waals surface area contributed by atoms with Crippen LogP contribution in [0.4, 0.5) is 5.82 Å². The minimum absolute atomic E-state index is 0.124. The van der Waals surface area contributed by atoms with Crippen LogP contribution in [0.1, 0.15) is 12.5 Å². The summed E-state index contributed by atoms with van der Waals surface area (Å²) >= 11 is 0. The van der Waals surface area contributed by atoms with Crippen molar-refractivity contribution in [3.8, 4) is 0 Å². The summed E-state index contributed by atoms with van der Waals surface area (Å²) in [6.45, 7) is 3.23. The zero-order valence-electron chi connectivity index (χ0n) is 10.3. The highest BCUT2D eigenvalue weighted by Crippen LogP contribution is 2.22. The molecule has 2 aromatic heterocycles. The van der Waals surface area contributed by atoms with E-state index >= 15 is 0 Å². The van der Waals surface area contributed by atoms with E-state index in [-0.39, 0.29) is 19.3 Å². The number of nitrogens with zero attached hydrogens (tertiary/aromatic N) is 4. The molecule has 7 nitrogen and oxygen atoms in total. The lowest BCUT2D eigenvalue weighted by Crippen LogP contribution is -2.14. The van der Waals surface area contributed by atoms with Crippen LogP contribution in [-0.2, 0) is 0 Å².